The summed E-state index contributed by atoms with van der Waals surface area (Å²) in [5, 5.41) is 17.8. The van der Waals surface area contributed by atoms with Crippen LogP contribution in [-0.2, 0) is 6.42 Å². The minimum absolute atomic E-state index is 0.259. The normalized spacial score (nSPS) is 20.3. The molecule has 0 radical (unpaired) electrons. The topological polar surface area (TPSA) is 52.5 Å². The fourth-order valence-corrected chi connectivity index (χ4v) is 3.11. The maximum Gasteiger partial charge on any atom is 0.0991 e. The predicted octanol–water partition coefficient (Wildman–Crippen LogP) is 3.75. The second kappa shape index (κ2) is 5.46. The zero-order chi connectivity index (χ0) is 14.8. The van der Waals surface area contributed by atoms with E-state index in [4.69, 9.17) is 10.5 Å². The lowest BCUT2D eigenvalue weighted by Gasteiger charge is -2.31. The van der Waals surface area contributed by atoms with Crippen LogP contribution >= 0.6 is 0 Å². The summed E-state index contributed by atoms with van der Waals surface area (Å²) < 4.78 is 2.25. The van der Waals surface area contributed by atoms with Crippen LogP contribution in [0.15, 0.2) is 36.4 Å². The average Bonchev–Trinajstić information content (AvgIpc) is 2.83. The summed E-state index contributed by atoms with van der Waals surface area (Å²) >= 11 is 0. The van der Waals surface area contributed by atoms with E-state index in [-0.39, 0.29) is 5.92 Å². The Balaban J connectivity index is 1.83. The Morgan fingerprint density at radius 1 is 1.10 bits per heavy atom. The van der Waals surface area contributed by atoms with Crippen LogP contribution < -0.4 is 0 Å². The number of nitriles is 2. The fourth-order valence-electron chi connectivity index (χ4n) is 3.11. The van der Waals surface area contributed by atoms with E-state index in [9.17, 15) is 0 Å². The first-order valence-corrected chi connectivity index (χ1v) is 7.28. The standard InChI is InChI=1S/C18H17N3/c1-13-2-5-18(10-15-8-16(9-15)12-20)21(13)17-6-3-14(11-19)4-7-17/h2-7,15-16H,8-10H2,1H3. The van der Waals surface area contributed by atoms with E-state index in [0.29, 0.717) is 11.5 Å². The van der Waals surface area contributed by atoms with Crippen molar-refractivity contribution in [2.24, 2.45) is 11.8 Å². The predicted molar refractivity (Wildman–Crippen MR) is 80.8 cm³/mol. The van der Waals surface area contributed by atoms with Gasteiger partial charge in [0, 0.05) is 23.0 Å². The summed E-state index contributed by atoms with van der Waals surface area (Å²) in [4.78, 5) is 0. The van der Waals surface area contributed by atoms with Crippen LogP contribution in [0.25, 0.3) is 5.69 Å². The molecule has 0 aliphatic heterocycles. The van der Waals surface area contributed by atoms with Gasteiger partial charge in [0.2, 0.25) is 0 Å². The Labute approximate surface area is 125 Å². The lowest BCUT2D eigenvalue weighted by Crippen LogP contribution is -2.25. The van der Waals surface area contributed by atoms with Gasteiger partial charge in [0.05, 0.1) is 17.7 Å². The molecule has 3 heteroatoms. The van der Waals surface area contributed by atoms with Crippen molar-refractivity contribution in [3.63, 3.8) is 0 Å². The molecule has 0 spiro atoms. The fraction of sp³-hybridized carbons (Fsp3) is 0.333. The number of hydrogen-bond acceptors (Lipinski definition) is 2. The Morgan fingerprint density at radius 3 is 2.43 bits per heavy atom. The molecule has 0 N–H and O–H groups in total. The molecule has 2 aromatic rings. The number of aryl methyl sites for hydroxylation is 1. The second-order valence-corrected chi connectivity index (χ2v) is 5.83. The molecule has 1 aromatic carbocycles. The molecular weight excluding hydrogens is 258 g/mol. The third-order valence-corrected chi connectivity index (χ3v) is 4.33. The highest BCUT2D eigenvalue weighted by molar-refractivity contribution is 5.42. The molecule has 0 atom stereocenters. The van der Waals surface area contributed by atoms with E-state index >= 15 is 0 Å². The molecule has 21 heavy (non-hydrogen) atoms. The van der Waals surface area contributed by atoms with Gasteiger partial charge in [0.1, 0.15) is 0 Å². The third-order valence-electron chi connectivity index (χ3n) is 4.33. The number of hydrogen-bond donors (Lipinski definition) is 0. The van der Waals surface area contributed by atoms with Gasteiger partial charge in [-0.3, -0.25) is 0 Å². The van der Waals surface area contributed by atoms with Crippen molar-refractivity contribution in [2.75, 3.05) is 0 Å². The van der Waals surface area contributed by atoms with Crippen LogP contribution in [-0.4, -0.2) is 4.57 Å². The monoisotopic (exact) mass is 275 g/mol. The van der Waals surface area contributed by atoms with Gasteiger partial charge >= 0.3 is 0 Å². The zero-order valence-electron chi connectivity index (χ0n) is 12.1. The highest BCUT2D eigenvalue weighted by Crippen LogP contribution is 2.36. The summed E-state index contributed by atoms with van der Waals surface area (Å²) in [7, 11) is 0. The van der Waals surface area contributed by atoms with Gasteiger partial charge < -0.3 is 4.57 Å². The van der Waals surface area contributed by atoms with E-state index in [0.717, 1.165) is 24.9 Å². The summed E-state index contributed by atoms with van der Waals surface area (Å²) in [6.45, 7) is 2.10. The van der Waals surface area contributed by atoms with Gasteiger partial charge in [-0.25, -0.2) is 0 Å². The molecule has 1 aliphatic carbocycles. The number of aromatic nitrogens is 1. The summed E-state index contributed by atoms with van der Waals surface area (Å²) in [5.74, 6) is 0.885. The molecule has 1 fully saturated rings. The second-order valence-electron chi connectivity index (χ2n) is 5.83. The maximum absolute atomic E-state index is 8.89. The number of rotatable bonds is 3. The Kier molecular flexibility index (Phi) is 3.50. The van der Waals surface area contributed by atoms with Crippen molar-refractivity contribution in [3.05, 3.63) is 53.3 Å². The van der Waals surface area contributed by atoms with Crippen molar-refractivity contribution in [1.29, 1.82) is 10.5 Å². The van der Waals surface area contributed by atoms with Crippen LogP contribution in [0, 0.1) is 41.4 Å². The van der Waals surface area contributed by atoms with E-state index in [1.165, 1.54) is 11.4 Å². The van der Waals surface area contributed by atoms with Crippen LogP contribution in [0.1, 0.15) is 29.8 Å². The van der Waals surface area contributed by atoms with Gasteiger partial charge in [-0.05, 0) is 68.5 Å². The quantitative estimate of drug-likeness (QED) is 0.856. The van der Waals surface area contributed by atoms with E-state index < -0.39 is 0 Å². The van der Waals surface area contributed by atoms with Crippen LogP contribution in [0.2, 0.25) is 0 Å². The van der Waals surface area contributed by atoms with Crippen LogP contribution in [0.3, 0.4) is 0 Å². The van der Waals surface area contributed by atoms with Crippen molar-refractivity contribution in [2.45, 2.75) is 26.2 Å². The van der Waals surface area contributed by atoms with Gasteiger partial charge in [-0.15, -0.1) is 0 Å². The largest absolute Gasteiger partial charge is 0.318 e. The molecule has 0 amide bonds. The van der Waals surface area contributed by atoms with Gasteiger partial charge in [-0.1, -0.05) is 0 Å². The van der Waals surface area contributed by atoms with Gasteiger partial charge in [0.15, 0.2) is 0 Å². The van der Waals surface area contributed by atoms with E-state index in [1.54, 1.807) is 0 Å². The van der Waals surface area contributed by atoms with Crippen molar-refractivity contribution in [1.82, 2.24) is 4.57 Å². The average molecular weight is 275 g/mol. The smallest absolute Gasteiger partial charge is 0.0991 e. The van der Waals surface area contributed by atoms with Crippen LogP contribution in [0.5, 0.6) is 0 Å². The molecule has 3 nitrogen and oxygen atoms in total. The molecule has 104 valence electrons. The summed E-state index contributed by atoms with van der Waals surface area (Å²) in [6.07, 6.45) is 3.06. The van der Waals surface area contributed by atoms with Gasteiger partial charge in [-0.2, -0.15) is 10.5 Å². The van der Waals surface area contributed by atoms with Gasteiger partial charge in [0.25, 0.3) is 0 Å². The van der Waals surface area contributed by atoms with Crippen LogP contribution in [0.4, 0.5) is 0 Å². The first kappa shape index (κ1) is 13.5. The first-order valence-electron chi connectivity index (χ1n) is 7.28. The molecule has 0 unspecified atom stereocenters. The lowest BCUT2D eigenvalue weighted by atomic mass is 9.73. The Hall–Kier alpha value is -2.52. The third kappa shape index (κ3) is 2.56. The highest BCUT2D eigenvalue weighted by atomic mass is 15.0. The van der Waals surface area contributed by atoms with Crippen molar-refractivity contribution in [3.8, 4) is 17.8 Å². The Morgan fingerprint density at radius 2 is 1.81 bits per heavy atom. The molecule has 1 heterocycles. The molecule has 1 aliphatic rings. The first-order chi connectivity index (χ1) is 10.2. The molecule has 1 saturated carbocycles. The highest BCUT2D eigenvalue weighted by Gasteiger charge is 2.29. The molecule has 1 aromatic heterocycles. The minimum atomic E-state index is 0.259. The SMILES string of the molecule is Cc1ccc(CC2CC(C#N)C2)n1-c1ccc(C#N)cc1. The molecular formula is C18H17N3. The zero-order valence-corrected chi connectivity index (χ0v) is 12.1. The minimum Gasteiger partial charge on any atom is -0.318 e. The summed E-state index contributed by atoms with van der Waals surface area (Å²) in [5.41, 5.74) is 4.27. The maximum atomic E-state index is 8.89. The molecule has 0 bridgehead atoms. The Bertz CT molecular complexity index is 719. The lowest BCUT2D eigenvalue weighted by molar-refractivity contribution is 0.242. The summed E-state index contributed by atoms with van der Waals surface area (Å²) in [6, 6.07) is 16.5. The van der Waals surface area contributed by atoms with Crippen molar-refractivity contribution >= 4 is 0 Å². The molecule has 3 rings (SSSR count). The number of nitrogens with zero attached hydrogens (tertiary/aromatic N) is 3. The van der Waals surface area contributed by atoms with E-state index in [2.05, 4.69) is 35.8 Å². The van der Waals surface area contributed by atoms with E-state index in [1.807, 2.05) is 24.3 Å². The molecule has 0 saturated heterocycles. The van der Waals surface area contributed by atoms with Crippen molar-refractivity contribution < 1.29 is 0 Å². The number of benzene rings is 1.